The van der Waals surface area contributed by atoms with Crippen LogP contribution in [0.25, 0.3) is 11.0 Å². The lowest BCUT2D eigenvalue weighted by Gasteiger charge is -2.44. The summed E-state index contributed by atoms with van der Waals surface area (Å²) < 4.78 is 16.4. The minimum atomic E-state index is -1.17. The number of nitrogens with one attached hydrogen (secondary N) is 3. The quantitative estimate of drug-likeness (QED) is 0.303. The van der Waals surface area contributed by atoms with Gasteiger partial charge in [-0.05, 0) is 69.1 Å². The van der Waals surface area contributed by atoms with E-state index in [9.17, 15) is 9.35 Å². The fourth-order valence-corrected chi connectivity index (χ4v) is 7.77. The Labute approximate surface area is 237 Å². The standard InChI is InChI=1S/C31H36N6O2S/c1-30(2,3)40(39)36-26-21-12-8-7-11-20(21)18-31(26)13-15-37(16-14-31)29-32-27-24(28(38)33-29)25(34-35-27)23-17-22(23)19-9-5-4-6-10-19/h4-12,22-23,26,36H,13-18H2,1-3H3,(H2,32,33,34,35,38)/t22-,23?,26-,40-/m1/s1. The van der Waals surface area contributed by atoms with Crippen LogP contribution in [0.3, 0.4) is 0 Å². The molecular weight excluding hydrogens is 520 g/mol. The second kappa shape index (κ2) is 9.46. The third-order valence-corrected chi connectivity index (χ3v) is 10.7. The van der Waals surface area contributed by atoms with Crippen LogP contribution >= 0.6 is 0 Å². The Bertz CT molecular complexity index is 1600. The summed E-state index contributed by atoms with van der Waals surface area (Å²) in [6.07, 6.45) is 3.79. The Hall–Kier alpha value is -3.14. The summed E-state index contributed by atoms with van der Waals surface area (Å²) in [6, 6.07) is 19.0. The molecule has 8 nitrogen and oxygen atoms in total. The number of nitrogens with zero attached hydrogens (tertiary/aromatic N) is 3. The Kier molecular flexibility index (Phi) is 6.10. The van der Waals surface area contributed by atoms with Gasteiger partial charge in [-0.3, -0.25) is 14.9 Å². The zero-order chi connectivity index (χ0) is 27.6. The molecule has 1 saturated carbocycles. The maximum absolute atomic E-state index is 13.3. The van der Waals surface area contributed by atoms with Gasteiger partial charge in [-0.2, -0.15) is 10.1 Å². The lowest BCUT2D eigenvalue weighted by Crippen LogP contribution is -2.50. The van der Waals surface area contributed by atoms with Gasteiger partial charge in [0, 0.05) is 35.8 Å². The third kappa shape index (κ3) is 4.35. The molecule has 2 aromatic heterocycles. The van der Waals surface area contributed by atoms with Crippen LogP contribution < -0.4 is 15.2 Å². The first-order chi connectivity index (χ1) is 19.2. The summed E-state index contributed by atoms with van der Waals surface area (Å²) in [5.41, 5.74) is 5.13. The minimum absolute atomic E-state index is 0.0227. The summed E-state index contributed by atoms with van der Waals surface area (Å²) in [4.78, 5) is 23.4. The predicted octanol–water partition coefficient (Wildman–Crippen LogP) is 4.85. The second-order valence-electron chi connectivity index (χ2n) is 12.7. The number of aromatic amines is 2. The summed E-state index contributed by atoms with van der Waals surface area (Å²) in [5.74, 6) is 1.23. The van der Waals surface area contributed by atoms with Gasteiger partial charge in [0.2, 0.25) is 5.95 Å². The average Bonchev–Trinajstić information content (AvgIpc) is 3.53. The molecular formula is C31H36N6O2S. The predicted molar refractivity (Wildman–Crippen MR) is 159 cm³/mol. The van der Waals surface area contributed by atoms with Crippen molar-refractivity contribution in [3.05, 3.63) is 87.3 Å². The van der Waals surface area contributed by atoms with Crippen molar-refractivity contribution in [2.75, 3.05) is 18.0 Å². The molecule has 40 heavy (non-hydrogen) atoms. The van der Waals surface area contributed by atoms with Crippen molar-refractivity contribution < 1.29 is 4.55 Å². The van der Waals surface area contributed by atoms with Gasteiger partial charge in [-0.15, -0.1) is 4.72 Å². The van der Waals surface area contributed by atoms with Gasteiger partial charge in [0.1, 0.15) is 10.1 Å². The van der Waals surface area contributed by atoms with Gasteiger partial charge < -0.3 is 9.45 Å². The van der Waals surface area contributed by atoms with Crippen LogP contribution in [0.4, 0.5) is 5.95 Å². The number of rotatable bonds is 5. The maximum Gasteiger partial charge on any atom is 0.263 e. The molecule has 1 saturated heterocycles. The lowest BCUT2D eigenvalue weighted by molar-refractivity contribution is 0.175. The minimum Gasteiger partial charge on any atom is -0.598 e. The third-order valence-electron chi connectivity index (χ3n) is 9.18. The number of benzene rings is 2. The van der Waals surface area contributed by atoms with Gasteiger partial charge in [0.05, 0.1) is 11.7 Å². The SMILES string of the molecule is CC(C)(C)[S@@+]([O-])N[C@@H]1c2ccccc2CC12CCN(c1nc3[nH]nc(C4C[C@@H]4c4ccccc4)c3c(=O)[nH]1)CC2. The lowest BCUT2D eigenvalue weighted by atomic mass is 9.73. The molecule has 2 fully saturated rings. The number of anilines is 1. The highest BCUT2D eigenvalue weighted by Gasteiger charge is 2.50. The normalized spacial score (nSPS) is 24.4. The molecule has 4 aromatic rings. The van der Waals surface area contributed by atoms with Crippen LogP contribution in [0, 0.1) is 5.41 Å². The summed E-state index contributed by atoms with van der Waals surface area (Å²) in [7, 11) is 0. The van der Waals surface area contributed by atoms with Crippen LogP contribution in [-0.2, 0) is 17.8 Å². The van der Waals surface area contributed by atoms with Crippen molar-refractivity contribution >= 4 is 28.3 Å². The van der Waals surface area contributed by atoms with Crippen molar-refractivity contribution in [1.82, 2.24) is 24.9 Å². The van der Waals surface area contributed by atoms with E-state index in [4.69, 9.17) is 4.98 Å². The molecule has 2 aromatic carbocycles. The molecule has 0 amide bonds. The Morgan fingerprint density at radius 3 is 2.52 bits per heavy atom. The summed E-state index contributed by atoms with van der Waals surface area (Å²) in [5, 5.41) is 8.19. The monoisotopic (exact) mass is 556 g/mol. The molecule has 4 atom stereocenters. The van der Waals surface area contributed by atoms with E-state index in [2.05, 4.69) is 73.3 Å². The van der Waals surface area contributed by atoms with Crippen molar-refractivity contribution in [2.24, 2.45) is 5.41 Å². The molecule has 1 spiro atoms. The van der Waals surface area contributed by atoms with Gasteiger partial charge in [0.15, 0.2) is 5.65 Å². The van der Waals surface area contributed by atoms with E-state index < -0.39 is 11.4 Å². The number of hydrogen-bond donors (Lipinski definition) is 3. The topological polar surface area (TPSA) is 113 Å². The number of aromatic nitrogens is 4. The first-order valence-corrected chi connectivity index (χ1v) is 15.4. The Morgan fingerprint density at radius 2 is 1.77 bits per heavy atom. The largest absolute Gasteiger partial charge is 0.598 e. The van der Waals surface area contributed by atoms with Crippen molar-refractivity contribution in [2.45, 2.75) is 69.1 Å². The maximum atomic E-state index is 13.3. The Morgan fingerprint density at radius 1 is 1.05 bits per heavy atom. The average molecular weight is 557 g/mol. The van der Waals surface area contributed by atoms with Crippen LogP contribution in [0.2, 0.25) is 0 Å². The van der Waals surface area contributed by atoms with Gasteiger partial charge in [0.25, 0.3) is 5.56 Å². The first kappa shape index (κ1) is 25.8. The van der Waals surface area contributed by atoms with Crippen molar-refractivity contribution in [3.8, 4) is 0 Å². The molecule has 0 bridgehead atoms. The van der Waals surface area contributed by atoms with Crippen LogP contribution in [0.1, 0.15) is 80.3 Å². The molecule has 3 aliphatic rings. The highest BCUT2D eigenvalue weighted by Crippen LogP contribution is 2.55. The molecule has 7 rings (SSSR count). The molecule has 208 valence electrons. The molecule has 9 heteroatoms. The van der Waals surface area contributed by atoms with Crippen molar-refractivity contribution in [3.63, 3.8) is 0 Å². The van der Waals surface area contributed by atoms with E-state index in [0.29, 0.717) is 22.9 Å². The summed E-state index contributed by atoms with van der Waals surface area (Å²) >= 11 is -1.17. The van der Waals surface area contributed by atoms with E-state index in [1.807, 2.05) is 26.8 Å². The smallest absolute Gasteiger partial charge is 0.263 e. The molecule has 3 N–H and O–H groups in total. The molecule has 3 heterocycles. The number of H-pyrrole nitrogens is 2. The van der Waals surface area contributed by atoms with Gasteiger partial charge in [-0.1, -0.05) is 54.6 Å². The summed E-state index contributed by atoms with van der Waals surface area (Å²) in [6.45, 7) is 7.56. The zero-order valence-electron chi connectivity index (χ0n) is 23.2. The number of piperidine rings is 1. The molecule has 2 aliphatic carbocycles. The first-order valence-electron chi connectivity index (χ1n) is 14.3. The highest BCUT2D eigenvalue weighted by molar-refractivity contribution is 7.90. The van der Waals surface area contributed by atoms with E-state index in [-0.39, 0.29) is 27.7 Å². The second-order valence-corrected chi connectivity index (χ2v) is 14.7. The van der Waals surface area contributed by atoms with Crippen LogP contribution in [0.5, 0.6) is 0 Å². The molecule has 1 aliphatic heterocycles. The number of hydrogen-bond acceptors (Lipinski definition) is 6. The van der Waals surface area contributed by atoms with Gasteiger partial charge >= 0.3 is 0 Å². The highest BCUT2D eigenvalue weighted by atomic mass is 32.2. The molecule has 1 unspecified atom stereocenters. The van der Waals surface area contributed by atoms with E-state index >= 15 is 0 Å². The van der Waals surface area contributed by atoms with E-state index in [0.717, 1.165) is 44.5 Å². The fourth-order valence-electron chi connectivity index (χ4n) is 6.82. The van der Waals surface area contributed by atoms with Crippen LogP contribution in [0.15, 0.2) is 59.4 Å². The van der Waals surface area contributed by atoms with E-state index in [1.54, 1.807) is 0 Å². The Balaban J connectivity index is 1.11. The van der Waals surface area contributed by atoms with E-state index in [1.165, 1.54) is 16.7 Å². The fraction of sp³-hybridized carbons (Fsp3) is 0.452. The number of fused-ring (bicyclic) bond motifs is 2. The van der Waals surface area contributed by atoms with Crippen LogP contribution in [-0.4, -0.2) is 42.6 Å². The molecule has 0 radical (unpaired) electrons. The van der Waals surface area contributed by atoms with Crippen molar-refractivity contribution in [1.29, 1.82) is 0 Å². The zero-order valence-corrected chi connectivity index (χ0v) is 24.1. The van der Waals surface area contributed by atoms with Gasteiger partial charge in [-0.25, -0.2) is 0 Å².